The highest BCUT2D eigenvalue weighted by Gasteiger charge is 2.22. The molecule has 1 amide bonds. The smallest absolute Gasteiger partial charge is 0.261 e. The van der Waals surface area contributed by atoms with E-state index in [-0.39, 0.29) is 5.91 Å². The number of nitrogens with one attached hydrogen (secondary N) is 1. The minimum Gasteiger partial charge on any atom is -0.349 e. The molecule has 2 aromatic rings. The van der Waals surface area contributed by atoms with Gasteiger partial charge in [-0.2, -0.15) is 5.10 Å². The van der Waals surface area contributed by atoms with E-state index in [1.54, 1.807) is 11.3 Å². The summed E-state index contributed by atoms with van der Waals surface area (Å²) in [6, 6.07) is 2.84. The number of hydrogen-bond acceptors (Lipinski definition) is 3. The van der Waals surface area contributed by atoms with Gasteiger partial charge < -0.3 is 5.32 Å². The summed E-state index contributed by atoms with van der Waals surface area (Å²) in [4.78, 5) is 14.7. The molecule has 138 valence electrons. The number of unbranched alkanes of at least 4 members (excludes halogenated alkanes) is 1. The van der Waals surface area contributed by atoms with Crippen LogP contribution in [0.2, 0.25) is 0 Å². The lowest BCUT2D eigenvalue weighted by atomic mass is 9.95. The summed E-state index contributed by atoms with van der Waals surface area (Å²) in [7, 11) is 0. The van der Waals surface area contributed by atoms with Crippen LogP contribution in [0.25, 0.3) is 10.2 Å². The molecule has 0 aliphatic heterocycles. The summed E-state index contributed by atoms with van der Waals surface area (Å²) < 4.78 is 2.18. The van der Waals surface area contributed by atoms with Gasteiger partial charge in [-0.1, -0.05) is 46.0 Å². The van der Waals surface area contributed by atoms with Gasteiger partial charge in [0.2, 0.25) is 0 Å². The Balaban J connectivity index is 1.81. The fourth-order valence-corrected chi connectivity index (χ4v) is 5.01. The second-order valence-electron chi connectivity index (χ2n) is 7.37. The van der Waals surface area contributed by atoms with Crippen molar-refractivity contribution in [2.75, 3.05) is 0 Å². The van der Waals surface area contributed by atoms with Crippen LogP contribution in [-0.4, -0.2) is 21.7 Å². The van der Waals surface area contributed by atoms with Gasteiger partial charge in [0.25, 0.3) is 5.91 Å². The Kier molecular flexibility index (Phi) is 6.15. The highest BCUT2D eigenvalue weighted by Crippen LogP contribution is 2.33. The lowest BCUT2D eigenvalue weighted by Gasteiger charge is -2.22. The van der Waals surface area contributed by atoms with E-state index in [9.17, 15) is 4.79 Å². The van der Waals surface area contributed by atoms with Crippen LogP contribution in [0, 0.1) is 6.92 Å². The van der Waals surface area contributed by atoms with E-state index >= 15 is 0 Å². The molecule has 4 nitrogen and oxygen atoms in total. The minimum atomic E-state index is 0.0978. The lowest BCUT2D eigenvalue weighted by molar-refractivity contribution is 0.0932. The summed E-state index contributed by atoms with van der Waals surface area (Å²) in [5, 5.41) is 9.18. The maximum absolute atomic E-state index is 12.7. The van der Waals surface area contributed by atoms with E-state index in [4.69, 9.17) is 5.10 Å². The van der Waals surface area contributed by atoms with Crippen LogP contribution < -0.4 is 5.32 Å². The normalized spacial score (nSPS) is 17.1. The molecule has 5 heteroatoms. The third-order valence-corrected chi connectivity index (χ3v) is 6.56. The largest absolute Gasteiger partial charge is 0.349 e. The molecule has 2 aromatic heterocycles. The highest BCUT2D eigenvalue weighted by atomic mass is 32.1. The predicted molar refractivity (Wildman–Crippen MR) is 106 cm³/mol. The molecule has 25 heavy (non-hydrogen) atoms. The van der Waals surface area contributed by atoms with Crippen molar-refractivity contribution in [3.63, 3.8) is 0 Å². The summed E-state index contributed by atoms with van der Waals surface area (Å²) >= 11 is 1.61. The number of hydrogen-bond donors (Lipinski definition) is 1. The standard InChI is InChI=1S/C20H31N3OS/c1-4-6-12-16(5-2)23-20-17(14(3)22-23)13-18(25-20)19(24)21-15-10-8-7-9-11-15/h13,15-16H,4-12H2,1-3H3,(H,21,24). The molecular weight excluding hydrogens is 330 g/mol. The Hall–Kier alpha value is -1.36. The molecule has 1 unspecified atom stereocenters. The molecule has 0 radical (unpaired) electrons. The molecule has 1 fully saturated rings. The van der Waals surface area contributed by atoms with Gasteiger partial charge in [0.1, 0.15) is 4.83 Å². The molecule has 3 rings (SSSR count). The van der Waals surface area contributed by atoms with Crippen molar-refractivity contribution < 1.29 is 4.79 Å². The molecule has 1 atom stereocenters. The van der Waals surface area contributed by atoms with Crippen molar-refractivity contribution in [3.8, 4) is 0 Å². The molecule has 1 aliphatic rings. The fraction of sp³-hybridized carbons (Fsp3) is 0.700. The summed E-state index contributed by atoms with van der Waals surface area (Å²) in [5.41, 5.74) is 1.04. The number of aromatic nitrogens is 2. The molecule has 2 heterocycles. The second-order valence-corrected chi connectivity index (χ2v) is 8.40. The third-order valence-electron chi connectivity index (χ3n) is 5.44. The predicted octanol–water partition coefficient (Wildman–Crippen LogP) is 5.61. The van der Waals surface area contributed by atoms with E-state index in [0.717, 1.165) is 46.5 Å². The number of carbonyl (C=O) groups excluding carboxylic acids is 1. The molecule has 0 aromatic carbocycles. The average molecular weight is 362 g/mol. The first kappa shape index (κ1) is 18.4. The van der Waals surface area contributed by atoms with E-state index in [1.165, 1.54) is 32.1 Å². The Labute approximate surface area is 155 Å². The van der Waals surface area contributed by atoms with E-state index in [1.807, 2.05) is 6.07 Å². The van der Waals surface area contributed by atoms with E-state index in [0.29, 0.717) is 12.1 Å². The summed E-state index contributed by atoms with van der Waals surface area (Å²) in [5.74, 6) is 0.0978. The van der Waals surface area contributed by atoms with Crippen LogP contribution in [0.5, 0.6) is 0 Å². The quantitative estimate of drug-likeness (QED) is 0.696. The number of rotatable bonds is 7. The Morgan fingerprint density at radius 2 is 2.12 bits per heavy atom. The van der Waals surface area contributed by atoms with Crippen molar-refractivity contribution in [2.45, 2.75) is 90.6 Å². The van der Waals surface area contributed by atoms with Crippen molar-refractivity contribution in [1.29, 1.82) is 0 Å². The first-order chi connectivity index (χ1) is 12.1. The number of nitrogens with zero attached hydrogens (tertiary/aromatic N) is 2. The van der Waals surface area contributed by atoms with Gasteiger partial charge in [-0.05, 0) is 38.7 Å². The van der Waals surface area contributed by atoms with Gasteiger partial charge in [0.05, 0.1) is 16.6 Å². The zero-order chi connectivity index (χ0) is 17.8. The number of aryl methyl sites for hydroxylation is 1. The molecule has 1 saturated carbocycles. The number of amides is 1. The van der Waals surface area contributed by atoms with Crippen molar-refractivity contribution >= 4 is 27.5 Å². The minimum absolute atomic E-state index is 0.0978. The zero-order valence-corrected chi connectivity index (χ0v) is 16.6. The molecule has 1 aliphatic carbocycles. The molecule has 0 saturated heterocycles. The highest BCUT2D eigenvalue weighted by molar-refractivity contribution is 7.20. The average Bonchev–Trinajstić information content (AvgIpc) is 3.18. The maximum Gasteiger partial charge on any atom is 0.261 e. The number of thiophene rings is 1. The molecule has 0 spiro atoms. The first-order valence-electron chi connectivity index (χ1n) is 9.93. The Morgan fingerprint density at radius 3 is 2.80 bits per heavy atom. The van der Waals surface area contributed by atoms with Gasteiger partial charge >= 0.3 is 0 Å². The van der Waals surface area contributed by atoms with E-state index < -0.39 is 0 Å². The third kappa shape index (κ3) is 4.08. The van der Waals surface area contributed by atoms with Gasteiger partial charge in [-0.3, -0.25) is 9.48 Å². The second kappa shape index (κ2) is 8.35. The number of fused-ring (bicyclic) bond motifs is 1. The van der Waals surface area contributed by atoms with Crippen LogP contribution in [0.4, 0.5) is 0 Å². The maximum atomic E-state index is 12.7. The van der Waals surface area contributed by atoms with Crippen LogP contribution in [0.3, 0.4) is 0 Å². The van der Waals surface area contributed by atoms with Crippen LogP contribution in [0.15, 0.2) is 6.07 Å². The molecular formula is C20H31N3OS. The first-order valence-corrected chi connectivity index (χ1v) is 10.7. The van der Waals surface area contributed by atoms with Gasteiger partial charge in [0, 0.05) is 11.4 Å². The van der Waals surface area contributed by atoms with Crippen LogP contribution in [0.1, 0.15) is 93.0 Å². The van der Waals surface area contributed by atoms with Crippen molar-refractivity contribution in [2.24, 2.45) is 0 Å². The number of carbonyl (C=O) groups is 1. The van der Waals surface area contributed by atoms with Crippen molar-refractivity contribution in [1.82, 2.24) is 15.1 Å². The SMILES string of the molecule is CCCCC(CC)n1nc(C)c2cc(C(=O)NC3CCCCC3)sc21. The van der Waals surface area contributed by atoms with Gasteiger partial charge in [-0.15, -0.1) is 11.3 Å². The van der Waals surface area contributed by atoms with Crippen LogP contribution >= 0.6 is 11.3 Å². The zero-order valence-electron chi connectivity index (χ0n) is 15.8. The summed E-state index contributed by atoms with van der Waals surface area (Å²) in [6.45, 7) is 6.52. The van der Waals surface area contributed by atoms with E-state index in [2.05, 4.69) is 30.8 Å². The fourth-order valence-electron chi connectivity index (χ4n) is 3.87. The van der Waals surface area contributed by atoms with Crippen molar-refractivity contribution in [3.05, 3.63) is 16.6 Å². The topological polar surface area (TPSA) is 46.9 Å². The Morgan fingerprint density at radius 1 is 1.36 bits per heavy atom. The molecule has 1 N–H and O–H groups in total. The van der Waals surface area contributed by atoms with Crippen LogP contribution in [-0.2, 0) is 0 Å². The summed E-state index contributed by atoms with van der Waals surface area (Å²) in [6.07, 6.45) is 10.7. The molecule has 0 bridgehead atoms. The lowest BCUT2D eigenvalue weighted by Crippen LogP contribution is -2.35. The Bertz CT molecular complexity index is 712. The van der Waals surface area contributed by atoms with Gasteiger partial charge in [-0.25, -0.2) is 0 Å². The monoisotopic (exact) mass is 361 g/mol. The van der Waals surface area contributed by atoms with Gasteiger partial charge in [0.15, 0.2) is 0 Å².